The van der Waals surface area contributed by atoms with E-state index in [0.29, 0.717) is 11.6 Å². The number of nitrogens with zero attached hydrogens (tertiary/aromatic N) is 1. The Morgan fingerprint density at radius 2 is 1.37 bits per heavy atom. The highest BCUT2D eigenvalue weighted by molar-refractivity contribution is 5.70. The Labute approximate surface area is 214 Å². The molecule has 0 bridgehead atoms. The number of alkyl halides is 2. The maximum absolute atomic E-state index is 14.7. The van der Waals surface area contributed by atoms with Crippen molar-refractivity contribution < 1.29 is 35.5 Å². The van der Waals surface area contributed by atoms with Crippen molar-refractivity contribution in [3.05, 3.63) is 113 Å². The average molecular weight is 531 g/mol. The molecular formula is C29H20F7NO. The maximum atomic E-state index is 14.7. The minimum absolute atomic E-state index is 0.0148. The molecule has 0 atom stereocenters. The van der Waals surface area contributed by atoms with E-state index in [4.69, 9.17) is 0 Å². The molecule has 3 aromatic carbocycles. The van der Waals surface area contributed by atoms with Gasteiger partial charge in [0.15, 0.2) is 17.5 Å². The van der Waals surface area contributed by atoms with Gasteiger partial charge in [-0.25, -0.2) is 22.0 Å². The van der Waals surface area contributed by atoms with Crippen LogP contribution in [0.5, 0.6) is 5.75 Å². The van der Waals surface area contributed by atoms with Crippen LogP contribution in [0.1, 0.15) is 24.5 Å². The number of benzene rings is 3. The number of hydrogen-bond acceptors (Lipinski definition) is 2. The van der Waals surface area contributed by atoms with Crippen LogP contribution < -0.4 is 4.74 Å². The van der Waals surface area contributed by atoms with Crippen molar-refractivity contribution in [3.63, 3.8) is 0 Å². The Kier molecular flexibility index (Phi) is 7.85. The predicted octanol–water partition coefficient (Wildman–Crippen LogP) is 8.75. The molecule has 0 aliphatic carbocycles. The first-order valence-corrected chi connectivity index (χ1v) is 11.5. The molecule has 4 aromatic rings. The topological polar surface area (TPSA) is 22.1 Å². The number of aromatic nitrogens is 1. The molecule has 0 aliphatic rings. The molecule has 0 fully saturated rings. The smallest absolute Gasteiger partial charge is 0.419 e. The molecule has 0 saturated heterocycles. The standard InChI is InChI=1S/C29H20F7NO/c1-2-3-17-4-9-27(37-16-17)19-7-5-18(6-8-19)20-12-23(30)22(24(31)13-20)10-11-29(35,36)38-21-14-25(32)28(34)26(33)15-21/h4-16H,2-3H2,1H3/b11-10+. The molecule has 1 aromatic heterocycles. The first kappa shape index (κ1) is 26.9. The lowest BCUT2D eigenvalue weighted by Crippen LogP contribution is -2.21. The Bertz CT molecular complexity index is 1420. The summed E-state index contributed by atoms with van der Waals surface area (Å²) >= 11 is 0. The van der Waals surface area contributed by atoms with E-state index >= 15 is 0 Å². The summed E-state index contributed by atoms with van der Waals surface area (Å²) in [6.07, 6.45) is -0.0243. The van der Waals surface area contributed by atoms with E-state index in [1.54, 1.807) is 30.5 Å². The van der Waals surface area contributed by atoms with Crippen LogP contribution in [0.2, 0.25) is 0 Å². The number of hydrogen-bond donors (Lipinski definition) is 0. The van der Waals surface area contributed by atoms with Crippen LogP contribution in [-0.2, 0) is 6.42 Å². The Hall–Kier alpha value is -4.14. The minimum Gasteiger partial charge on any atom is -0.429 e. The van der Waals surface area contributed by atoms with E-state index in [2.05, 4.69) is 16.6 Å². The summed E-state index contributed by atoms with van der Waals surface area (Å²) in [4.78, 5) is 4.44. The molecular weight excluding hydrogens is 511 g/mol. The van der Waals surface area contributed by atoms with Crippen molar-refractivity contribution in [1.82, 2.24) is 4.98 Å². The maximum Gasteiger partial charge on any atom is 0.419 e. The van der Waals surface area contributed by atoms with Crippen LogP contribution in [-0.4, -0.2) is 11.1 Å². The molecule has 0 spiro atoms. The number of aryl methyl sites for hydroxylation is 1. The first-order valence-electron chi connectivity index (χ1n) is 11.5. The van der Waals surface area contributed by atoms with Gasteiger partial charge in [0.05, 0.1) is 5.69 Å². The Morgan fingerprint density at radius 3 is 1.92 bits per heavy atom. The monoisotopic (exact) mass is 531 g/mol. The van der Waals surface area contributed by atoms with Gasteiger partial charge >= 0.3 is 6.11 Å². The van der Waals surface area contributed by atoms with Gasteiger partial charge in [0.1, 0.15) is 17.4 Å². The second-order valence-electron chi connectivity index (χ2n) is 8.43. The third kappa shape index (κ3) is 6.22. The van der Waals surface area contributed by atoms with E-state index in [-0.39, 0.29) is 23.8 Å². The van der Waals surface area contributed by atoms with Gasteiger partial charge in [-0.15, -0.1) is 0 Å². The number of rotatable bonds is 8. The second-order valence-corrected chi connectivity index (χ2v) is 8.43. The van der Waals surface area contributed by atoms with Crippen molar-refractivity contribution >= 4 is 6.08 Å². The van der Waals surface area contributed by atoms with Crippen molar-refractivity contribution in [1.29, 1.82) is 0 Å². The lowest BCUT2D eigenvalue weighted by molar-refractivity contribution is -0.131. The van der Waals surface area contributed by atoms with Crippen molar-refractivity contribution in [2.24, 2.45) is 0 Å². The van der Waals surface area contributed by atoms with Crippen molar-refractivity contribution in [2.75, 3.05) is 0 Å². The summed E-state index contributed by atoms with van der Waals surface area (Å²) < 4.78 is 101. The summed E-state index contributed by atoms with van der Waals surface area (Å²) in [5, 5.41) is 0. The molecule has 0 amide bonds. The number of ether oxygens (including phenoxy) is 1. The third-order valence-corrected chi connectivity index (χ3v) is 5.61. The van der Waals surface area contributed by atoms with E-state index < -0.39 is 46.5 Å². The SMILES string of the molecule is CCCc1ccc(-c2ccc(-c3cc(F)c(/C=C/C(F)(F)Oc4cc(F)c(F)c(F)c4)c(F)c3)cc2)nc1. The van der Waals surface area contributed by atoms with Gasteiger partial charge in [-0.1, -0.05) is 43.7 Å². The van der Waals surface area contributed by atoms with Gasteiger partial charge in [-0.2, -0.15) is 8.78 Å². The van der Waals surface area contributed by atoms with Crippen LogP contribution in [0.25, 0.3) is 28.5 Å². The average Bonchev–Trinajstić information content (AvgIpc) is 2.87. The van der Waals surface area contributed by atoms with Gasteiger partial charge in [-0.05, 0) is 47.4 Å². The van der Waals surface area contributed by atoms with E-state index in [1.807, 2.05) is 12.1 Å². The minimum atomic E-state index is -4.22. The molecule has 0 radical (unpaired) electrons. The van der Waals surface area contributed by atoms with Gasteiger partial charge in [-0.3, -0.25) is 4.98 Å². The highest BCUT2D eigenvalue weighted by Crippen LogP contribution is 2.30. The highest BCUT2D eigenvalue weighted by Gasteiger charge is 2.29. The fourth-order valence-electron chi connectivity index (χ4n) is 3.74. The zero-order valence-corrected chi connectivity index (χ0v) is 19.9. The molecule has 0 N–H and O–H groups in total. The zero-order chi connectivity index (χ0) is 27.4. The van der Waals surface area contributed by atoms with Gasteiger partial charge in [0.2, 0.25) is 0 Å². The molecule has 38 heavy (non-hydrogen) atoms. The highest BCUT2D eigenvalue weighted by atomic mass is 19.3. The number of halogens is 7. The summed E-state index contributed by atoms with van der Waals surface area (Å²) in [5.74, 6) is -8.58. The summed E-state index contributed by atoms with van der Waals surface area (Å²) in [6, 6.07) is 13.1. The van der Waals surface area contributed by atoms with Crippen LogP contribution >= 0.6 is 0 Å². The molecule has 2 nitrogen and oxygen atoms in total. The largest absolute Gasteiger partial charge is 0.429 e. The summed E-state index contributed by atoms with van der Waals surface area (Å²) in [5.41, 5.74) is 2.55. The first-order chi connectivity index (χ1) is 18.1. The molecule has 0 unspecified atom stereocenters. The molecule has 4 rings (SSSR count). The fraction of sp³-hybridized carbons (Fsp3) is 0.138. The van der Waals surface area contributed by atoms with Crippen LogP contribution in [0.3, 0.4) is 0 Å². The van der Waals surface area contributed by atoms with Gasteiger partial charge < -0.3 is 4.74 Å². The van der Waals surface area contributed by atoms with Crippen molar-refractivity contribution in [3.8, 4) is 28.1 Å². The summed E-state index contributed by atoms with van der Waals surface area (Å²) in [6.45, 7) is 2.08. The summed E-state index contributed by atoms with van der Waals surface area (Å²) in [7, 11) is 0. The molecule has 9 heteroatoms. The molecule has 0 aliphatic heterocycles. The normalized spacial score (nSPS) is 11.8. The molecule has 0 saturated carbocycles. The zero-order valence-electron chi connectivity index (χ0n) is 19.9. The van der Waals surface area contributed by atoms with Crippen LogP contribution in [0.4, 0.5) is 30.7 Å². The number of pyridine rings is 1. The van der Waals surface area contributed by atoms with Crippen LogP contribution in [0.15, 0.2) is 72.9 Å². The van der Waals surface area contributed by atoms with Crippen molar-refractivity contribution in [2.45, 2.75) is 25.9 Å². The van der Waals surface area contributed by atoms with E-state index in [9.17, 15) is 30.7 Å². The van der Waals surface area contributed by atoms with Crippen LogP contribution in [0, 0.1) is 29.1 Å². The fourth-order valence-corrected chi connectivity index (χ4v) is 3.74. The Morgan fingerprint density at radius 1 is 0.763 bits per heavy atom. The van der Waals surface area contributed by atoms with E-state index in [0.717, 1.165) is 41.8 Å². The second kappa shape index (κ2) is 11.1. The quantitative estimate of drug-likeness (QED) is 0.168. The predicted molar refractivity (Wildman–Crippen MR) is 130 cm³/mol. The lowest BCUT2D eigenvalue weighted by Gasteiger charge is -2.15. The van der Waals surface area contributed by atoms with E-state index in [1.165, 1.54) is 0 Å². The third-order valence-electron chi connectivity index (χ3n) is 5.61. The Balaban J connectivity index is 1.51. The van der Waals surface area contributed by atoms with Gasteiger partial charge in [0.25, 0.3) is 0 Å². The molecule has 196 valence electrons. The lowest BCUT2D eigenvalue weighted by atomic mass is 10.00. The van der Waals surface area contributed by atoms with Gasteiger partial charge in [0, 0.05) is 35.5 Å². The molecule has 1 heterocycles.